The minimum absolute atomic E-state index is 0.108. The van der Waals surface area contributed by atoms with Crippen LogP contribution in [0.3, 0.4) is 0 Å². The normalized spacial score (nSPS) is 26.6. The number of aryl methyl sites for hydroxylation is 1. The summed E-state index contributed by atoms with van der Waals surface area (Å²) in [5, 5.41) is 3.06. The first-order valence-electron chi connectivity index (χ1n) is 12.2. The maximum Gasteiger partial charge on any atom is 0.418 e. The first-order valence-corrected chi connectivity index (χ1v) is 12.2. The second kappa shape index (κ2) is 9.16. The van der Waals surface area contributed by atoms with Gasteiger partial charge >= 0.3 is 6.18 Å². The Labute approximate surface area is 204 Å². The number of benzene rings is 1. The summed E-state index contributed by atoms with van der Waals surface area (Å²) in [6, 6.07) is 3.85. The minimum Gasteiger partial charge on any atom is -0.380 e. The molecule has 0 saturated carbocycles. The van der Waals surface area contributed by atoms with E-state index in [1.54, 1.807) is 6.33 Å². The number of carbonyl (C=O) groups is 1. The number of H-pyrrole nitrogens is 2. The molecular weight excluding hydrogens is 477 g/mol. The maximum atomic E-state index is 13.3. The smallest absolute Gasteiger partial charge is 0.380 e. The lowest BCUT2D eigenvalue weighted by Gasteiger charge is -2.24. The summed E-state index contributed by atoms with van der Waals surface area (Å²) in [6.07, 6.45) is -0.737. The zero-order valence-corrected chi connectivity index (χ0v) is 19.5. The van der Waals surface area contributed by atoms with Crippen LogP contribution in [0.5, 0.6) is 0 Å². The molecule has 3 unspecified atom stereocenters. The van der Waals surface area contributed by atoms with E-state index in [4.69, 9.17) is 9.47 Å². The number of aromatic nitrogens is 4. The summed E-state index contributed by atoms with van der Waals surface area (Å²) in [6.45, 7) is 2.65. The van der Waals surface area contributed by atoms with E-state index < -0.39 is 11.7 Å². The highest BCUT2D eigenvalue weighted by Crippen LogP contribution is 2.35. The number of fused-ring (bicyclic) bond motifs is 2. The molecule has 3 aliphatic rings. The van der Waals surface area contributed by atoms with Crippen LogP contribution >= 0.6 is 0 Å². The molecule has 3 aromatic rings. The summed E-state index contributed by atoms with van der Waals surface area (Å²) in [7, 11) is 0. The van der Waals surface area contributed by atoms with Crippen molar-refractivity contribution >= 4 is 16.9 Å². The predicted molar refractivity (Wildman–Crippen MR) is 122 cm³/mol. The Morgan fingerprint density at radius 2 is 2.17 bits per heavy atom. The Kier molecular flexibility index (Phi) is 5.97. The number of halogens is 3. The monoisotopic (exact) mass is 504 g/mol. The van der Waals surface area contributed by atoms with E-state index in [1.807, 2.05) is 0 Å². The number of ether oxygens (including phenoxy) is 2. The van der Waals surface area contributed by atoms with Crippen LogP contribution in [0.1, 0.15) is 41.7 Å². The summed E-state index contributed by atoms with van der Waals surface area (Å²) in [4.78, 5) is 29.7. The zero-order chi connectivity index (χ0) is 24.9. The molecule has 9 nitrogen and oxygen atoms in total. The second-order valence-electron chi connectivity index (χ2n) is 9.67. The molecule has 4 heterocycles. The van der Waals surface area contributed by atoms with Crippen molar-refractivity contribution in [2.75, 3.05) is 26.3 Å². The Hall–Kier alpha value is -2.96. The minimum atomic E-state index is -4.52. The van der Waals surface area contributed by atoms with Gasteiger partial charge < -0.3 is 24.8 Å². The number of hydrogen-bond acceptors (Lipinski definition) is 6. The Balaban J connectivity index is 1.16. The van der Waals surface area contributed by atoms with Gasteiger partial charge in [-0.05, 0) is 31.4 Å². The summed E-state index contributed by atoms with van der Waals surface area (Å²) in [5.41, 5.74) is 1.25. The molecule has 0 bridgehead atoms. The van der Waals surface area contributed by atoms with Gasteiger partial charge in [0.2, 0.25) is 5.91 Å². The fraction of sp³-hybridized carbons (Fsp3) is 0.542. The molecule has 1 aromatic carbocycles. The Morgan fingerprint density at radius 3 is 2.97 bits per heavy atom. The van der Waals surface area contributed by atoms with Gasteiger partial charge in [0.25, 0.3) is 0 Å². The first kappa shape index (κ1) is 23.4. The molecule has 2 saturated heterocycles. The van der Waals surface area contributed by atoms with Crippen LogP contribution in [-0.4, -0.2) is 75.2 Å². The van der Waals surface area contributed by atoms with Crippen LogP contribution in [0, 0.1) is 0 Å². The SMILES string of the molecule is O=C(Cc1nc2c(C(F)(F)F)cccc2[nH]1)NC1CN(C2CCOC2)C[C@@H]1OC1CCc2nc[nH]c21. The van der Waals surface area contributed by atoms with E-state index in [2.05, 4.69) is 30.2 Å². The third-order valence-electron chi connectivity index (χ3n) is 7.31. The van der Waals surface area contributed by atoms with E-state index in [9.17, 15) is 18.0 Å². The molecular formula is C24H27F3N6O3. The zero-order valence-electron chi connectivity index (χ0n) is 19.5. The average molecular weight is 505 g/mol. The van der Waals surface area contributed by atoms with Crippen LogP contribution in [0.15, 0.2) is 24.5 Å². The third-order valence-corrected chi connectivity index (χ3v) is 7.31. The molecule has 6 rings (SSSR count). The number of hydrogen-bond donors (Lipinski definition) is 3. The molecule has 12 heteroatoms. The van der Waals surface area contributed by atoms with Crippen LogP contribution in [0.4, 0.5) is 13.2 Å². The highest BCUT2D eigenvalue weighted by atomic mass is 19.4. The molecule has 4 atom stereocenters. The van der Waals surface area contributed by atoms with Crippen LogP contribution in [0.25, 0.3) is 11.0 Å². The number of nitrogens with zero attached hydrogens (tertiary/aromatic N) is 3. The lowest BCUT2D eigenvalue weighted by molar-refractivity contribution is -0.136. The van der Waals surface area contributed by atoms with Gasteiger partial charge in [-0.3, -0.25) is 9.69 Å². The second-order valence-corrected chi connectivity index (χ2v) is 9.67. The van der Waals surface area contributed by atoms with Crippen LogP contribution in [-0.2, 0) is 33.3 Å². The van der Waals surface area contributed by atoms with Crippen molar-refractivity contribution in [2.24, 2.45) is 0 Å². The fourth-order valence-electron chi connectivity index (χ4n) is 5.56. The molecule has 1 aliphatic carbocycles. The number of aromatic amines is 2. The van der Waals surface area contributed by atoms with Gasteiger partial charge in [-0.1, -0.05) is 6.07 Å². The topological polar surface area (TPSA) is 108 Å². The molecule has 0 radical (unpaired) electrons. The van der Waals surface area contributed by atoms with Gasteiger partial charge in [0, 0.05) is 25.7 Å². The van der Waals surface area contributed by atoms with Crippen molar-refractivity contribution < 1.29 is 27.4 Å². The van der Waals surface area contributed by atoms with E-state index in [0.29, 0.717) is 19.7 Å². The predicted octanol–water partition coefficient (Wildman–Crippen LogP) is 2.51. The van der Waals surface area contributed by atoms with E-state index >= 15 is 0 Å². The van der Waals surface area contributed by atoms with Gasteiger partial charge in [-0.25, -0.2) is 9.97 Å². The van der Waals surface area contributed by atoms with Crippen LogP contribution < -0.4 is 5.32 Å². The molecule has 2 aliphatic heterocycles. The number of amides is 1. The maximum absolute atomic E-state index is 13.3. The summed E-state index contributed by atoms with van der Waals surface area (Å²) >= 11 is 0. The largest absolute Gasteiger partial charge is 0.418 e. The first-order chi connectivity index (χ1) is 17.3. The number of alkyl halides is 3. The van der Waals surface area contributed by atoms with E-state index in [0.717, 1.165) is 43.3 Å². The molecule has 2 fully saturated rings. The molecule has 3 N–H and O–H groups in total. The van der Waals surface area contributed by atoms with Crippen LogP contribution in [0.2, 0.25) is 0 Å². The number of rotatable bonds is 6. The molecule has 192 valence electrons. The number of nitrogens with one attached hydrogen (secondary N) is 3. The highest BCUT2D eigenvalue weighted by molar-refractivity contribution is 5.82. The van der Waals surface area contributed by atoms with Gasteiger partial charge in [0.15, 0.2) is 0 Å². The lowest BCUT2D eigenvalue weighted by Crippen LogP contribution is -2.45. The van der Waals surface area contributed by atoms with E-state index in [-0.39, 0.29) is 53.5 Å². The van der Waals surface area contributed by atoms with Gasteiger partial charge in [-0.2, -0.15) is 13.2 Å². The van der Waals surface area contributed by atoms with Crippen molar-refractivity contribution in [3.05, 3.63) is 47.3 Å². The van der Waals surface area contributed by atoms with E-state index in [1.165, 1.54) is 12.1 Å². The van der Waals surface area contributed by atoms with Gasteiger partial charge in [0.1, 0.15) is 17.4 Å². The molecule has 1 amide bonds. The Morgan fingerprint density at radius 1 is 1.28 bits per heavy atom. The summed E-state index contributed by atoms with van der Waals surface area (Å²) in [5.74, 6) is -0.131. The molecule has 36 heavy (non-hydrogen) atoms. The van der Waals surface area contributed by atoms with Crippen molar-refractivity contribution in [3.63, 3.8) is 0 Å². The number of carbonyl (C=O) groups excluding carboxylic acids is 1. The fourth-order valence-corrected chi connectivity index (χ4v) is 5.56. The number of para-hydroxylation sites is 1. The average Bonchev–Trinajstić information content (AvgIpc) is 3.63. The molecule has 0 spiro atoms. The van der Waals surface area contributed by atoms with Crippen molar-refractivity contribution in [1.29, 1.82) is 0 Å². The lowest BCUT2D eigenvalue weighted by atomic mass is 10.2. The van der Waals surface area contributed by atoms with Crippen molar-refractivity contribution in [2.45, 2.75) is 56.2 Å². The third kappa shape index (κ3) is 4.48. The highest BCUT2D eigenvalue weighted by Gasteiger charge is 2.41. The standard InChI is InChI=1S/C24H27F3N6O3/c25-24(26,27)14-2-1-3-16-22(14)32-20(30-16)8-21(34)31-17-9-33(13-6-7-35-11-13)10-19(17)36-18-5-4-15-23(18)29-12-28-15/h1-3,12-13,17-19H,4-11H2,(H,28,29)(H,30,32)(H,31,34)/t13?,17?,18?,19-/m0/s1. The summed E-state index contributed by atoms with van der Waals surface area (Å²) < 4.78 is 52.1. The quantitative estimate of drug-likeness (QED) is 0.476. The number of likely N-dealkylation sites (tertiary alicyclic amines) is 1. The number of imidazole rings is 2. The van der Waals surface area contributed by atoms with Gasteiger partial charge in [-0.15, -0.1) is 0 Å². The van der Waals surface area contributed by atoms with Crippen molar-refractivity contribution in [1.82, 2.24) is 30.2 Å². The van der Waals surface area contributed by atoms with Crippen molar-refractivity contribution in [3.8, 4) is 0 Å². The van der Waals surface area contributed by atoms with Gasteiger partial charge in [0.05, 0.1) is 54.0 Å². The molecule has 2 aromatic heterocycles. The Bertz CT molecular complexity index is 1250.